The number of rotatable bonds is 5. The number of para-hydroxylation sites is 1. The van der Waals surface area contributed by atoms with Gasteiger partial charge in [0.15, 0.2) is 0 Å². The molecule has 0 saturated heterocycles. The van der Waals surface area contributed by atoms with Crippen LogP contribution in [0.3, 0.4) is 0 Å². The summed E-state index contributed by atoms with van der Waals surface area (Å²) in [5.41, 5.74) is 16.0. The van der Waals surface area contributed by atoms with Gasteiger partial charge in [-0.25, -0.2) is 9.97 Å². The monoisotopic (exact) mass is 665 g/mol. The molecule has 3 heteroatoms. The van der Waals surface area contributed by atoms with E-state index in [4.69, 9.17) is 9.97 Å². The average Bonchev–Trinajstić information content (AvgIpc) is 3.65. The molecule has 0 N–H and O–H groups in total. The minimum absolute atomic E-state index is 0.222. The SMILES string of the molecule is CC1(C)c2cc3c4ccccc4n(-c4nc(-c5ccccc5)cc(-c5ccccc5)n4)c3cc2-c2c(-c3ccccc3)cc(-c3ccccc3)cc21. The predicted octanol–water partition coefficient (Wildman–Crippen LogP) is 12.5. The smallest absolute Gasteiger partial charge is 0.235 e. The molecule has 2 aromatic heterocycles. The molecule has 1 aliphatic rings. The summed E-state index contributed by atoms with van der Waals surface area (Å²) in [6.07, 6.45) is 0. The molecule has 0 atom stereocenters. The van der Waals surface area contributed by atoms with E-state index in [9.17, 15) is 0 Å². The third-order valence-electron chi connectivity index (χ3n) is 10.8. The molecule has 2 heterocycles. The Balaban J connectivity index is 1.28. The van der Waals surface area contributed by atoms with E-state index in [1.807, 2.05) is 12.1 Å². The molecule has 0 bridgehead atoms. The number of hydrogen-bond donors (Lipinski definition) is 0. The van der Waals surface area contributed by atoms with Gasteiger partial charge in [-0.2, -0.15) is 0 Å². The van der Waals surface area contributed by atoms with Crippen molar-refractivity contribution in [2.24, 2.45) is 0 Å². The maximum absolute atomic E-state index is 5.30. The van der Waals surface area contributed by atoms with Crippen LogP contribution < -0.4 is 0 Å². The Morgan fingerprint density at radius 3 is 1.56 bits per heavy atom. The van der Waals surface area contributed by atoms with Crippen molar-refractivity contribution in [3.8, 4) is 61.8 Å². The van der Waals surface area contributed by atoms with E-state index in [0.29, 0.717) is 5.95 Å². The molecule has 0 amide bonds. The minimum Gasteiger partial charge on any atom is -0.278 e. The third kappa shape index (κ3) is 4.74. The highest BCUT2D eigenvalue weighted by Gasteiger charge is 2.38. The lowest BCUT2D eigenvalue weighted by molar-refractivity contribution is 0.661. The fourth-order valence-corrected chi connectivity index (χ4v) is 8.22. The summed E-state index contributed by atoms with van der Waals surface area (Å²) in [6, 6.07) is 62.9. The van der Waals surface area contributed by atoms with Crippen molar-refractivity contribution >= 4 is 21.8 Å². The van der Waals surface area contributed by atoms with Gasteiger partial charge in [0, 0.05) is 27.3 Å². The van der Waals surface area contributed by atoms with Gasteiger partial charge in [-0.05, 0) is 80.9 Å². The quantitative estimate of drug-likeness (QED) is 0.183. The van der Waals surface area contributed by atoms with Gasteiger partial charge in [0.25, 0.3) is 0 Å². The molecule has 1 aliphatic carbocycles. The first-order valence-corrected chi connectivity index (χ1v) is 17.9. The largest absolute Gasteiger partial charge is 0.278 e. The second-order valence-corrected chi connectivity index (χ2v) is 14.2. The molecule has 0 unspecified atom stereocenters. The van der Waals surface area contributed by atoms with Crippen LogP contribution in [0.25, 0.3) is 83.6 Å². The normalized spacial score (nSPS) is 13.0. The first-order chi connectivity index (χ1) is 25.5. The highest BCUT2D eigenvalue weighted by Crippen LogP contribution is 2.55. The fraction of sp³-hybridized carbons (Fsp3) is 0.0612. The molecule has 9 aromatic rings. The van der Waals surface area contributed by atoms with Crippen LogP contribution in [-0.4, -0.2) is 14.5 Å². The van der Waals surface area contributed by atoms with Crippen LogP contribution in [0.2, 0.25) is 0 Å². The summed E-state index contributed by atoms with van der Waals surface area (Å²) >= 11 is 0. The maximum atomic E-state index is 5.30. The van der Waals surface area contributed by atoms with E-state index in [-0.39, 0.29) is 5.41 Å². The molecule has 52 heavy (non-hydrogen) atoms. The van der Waals surface area contributed by atoms with Gasteiger partial charge in [0.1, 0.15) is 0 Å². The van der Waals surface area contributed by atoms with Crippen molar-refractivity contribution in [2.45, 2.75) is 19.3 Å². The topological polar surface area (TPSA) is 30.7 Å². The molecule has 0 fully saturated rings. The lowest BCUT2D eigenvalue weighted by atomic mass is 9.80. The number of benzene rings is 7. The predicted molar refractivity (Wildman–Crippen MR) is 216 cm³/mol. The van der Waals surface area contributed by atoms with Crippen molar-refractivity contribution in [1.82, 2.24) is 14.5 Å². The summed E-state index contributed by atoms with van der Waals surface area (Å²) in [5, 5.41) is 2.39. The van der Waals surface area contributed by atoms with Gasteiger partial charge in [0.05, 0.1) is 22.4 Å². The highest BCUT2D eigenvalue weighted by molar-refractivity contribution is 6.12. The zero-order chi connectivity index (χ0) is 34.8. The Morgan fingerprint density at radius 1 is 0.404 bits per heavy atom. The van der Waals surface area contributed by atoms with Gasteiger partial charge < -0.3 is 0 Å². The summed E-state index contributed by atoms with van der Waals surface area (Å²) in [6.45, 7) is 4.76. The summed E-state index contributed by atoms with van der Waals surface area (Å²) in [7, 11) is 0. The zero-order valence-electron chi connectivity index (χ0n) is 29.1. The minimum atomic E-state index is -0.222. The second kappa shape index (κ2) is 11.8. The molecular weight excluding hydrogens is 631 g/mol. The van der Waals surface area contributed by atoms with E-state index >= 15 is 0 Å². The lowest BCUT2D eigenvalue weighted by Gasteiger charge is -2.23. The third-order valence-corrected chi connectivity index (χ3v) is 10.8. The number of nitrogens with zero attached hydrogens (tertiary/aromatic N) is 3. The van der Waals surface area contributed by atoms with E-state index in [1.54, 1.807) is 0 Å². The van der Waals surface area contributed by atoms with Gasteiger partial charge >= 0.3 is 0 Å². The van der Waals surface area contributed by atoms with Crippen molar-refractivity contribution in [1.29, 1.82) is 0 Å². The van der Waals surface area contributed by atoms with Crippen LogP contribution in [0.15, 0.2) is 176 Å². The molecule has 3 nitrogen and oxygen atoms in total. The second-order valence-electron chi connectivity index (χ2n) is 14.2. The molecule has 0 spiro atoms. The van der Waals surface area contributed by atoms with E-state index in [1.165, 1.54) is 55.3 Å². The molecular formula is C49H35N3. The highest BCUT2D eigenvalue weighted by atomic mass is 15.2. The van der Waals surface area contributed by atoms with E-state index < -0.39 is 0 Å². The van der Waals surface area contributed by atoms with Crippen LogP contribution in [0.5, 0.6) is 0 Å². The van der Waals surface area contributed by atoms with Crippen molar-refractivity contribution in [3.05, 3.63) is 187 Å². The van der Waals surface area contributed by atoms with Crippen LogP contribution in [0.1, 0.15) is 25.0 Å². The van der Waals surface area contributed by atoms with Gasteiger partial charge in [-0.3, -0.25) is 4.57 Å². The first-order valence-electron chi connectivity index (χ1n) is 17.9. The van der Waals surface area contributed by atoms with Crippen molar-refractivity contribution in [3.63, 3.8) is 0 Å². The number of fused-ring (bicyclic) bond motifs is 6. The lowest BCUT2D eigenvalue weighted by Crippen LogP contribution is -2.15. The molecule has 10 rings (SSSR count). The van der Waals surface area contributed by atoms with E-state index in [0.717, 1.165) is 33.5 Å². The molecule has 0 radical (unpaired) electrons. The Morgan fingerprint density at radius 2 is 0.942 bits per heavy atom. The van der Waals surface area contributed by atoms with Crippen LogP contribution in [0.4, 0.5) is 0 Å². The van der Waals surface area contributed by atoms with Gasteiger partial charge in [-0.15, -0.1) is 0 Å². The number of hydrogen-bond acceptors (Lipinski definition) is 2. The molecule has 0 aliphatic heterocycles. The Bertz CT molecular complexity index is 2720. The van der Waals surface area contributed by atoms with Crippen molar-refractivity contribution in [2.75, 3.05) is 0 Å². The fourth-order valence-electron chi connectivity index (χ4n) is 8.22. The van der Waals surface area contributed by atoms with E-state index in [2.05, 4.69) is 182 Å². The van der Waals surface area contributed by atoms with Crippen LogP contribution >= 0.6 is 0 Å². The first kappa shape index (κ1) is 30.3. The van der Waals surface area contributed by atoms with Gasteiger partial charge in [-0.1, -0.05) is 153 Å². The summed E-state index contributed by atoms with van der Waals surface area (Å²) in [5.74, 6) is 0.659. The standard InChI is InChI=1S/C49H35N3/c1-49(2)41-29-39-37-25-15-16-26-45(37)52(48-50-43(34-21-11-5-12-22-34)31-44(51-48)35-23-13-6-14-24-35)46(39)30-40(41)47-38(33-19-9-4-10-20-33)27-36(28-42(47)49)32-17-7-3-8-18-32/h3-31H,1-2H3. The Labute approximate surface area is 303 Å². The zero-order valence-corrected chi connectivity index (χ0v) is 29.1. The molecule has 246 valence electrons. The van der Waals surface area contributed by atoms with Crippen LogP contribution in [0, 0.1) is 0 Å². The molecule has 0 saturated carbocycles. The Kier molecular flexibility index (Phi) is 6.84. The summed E-state index contributed by atoms with van der Waals surface area (Å²) < 4.78 is 2.27. The Hall–Kier alpha value is -6.58. The average molecular weight is 666 g/mol. The maximum Gasteiger partial charge on any atom is 0.235 e. The van der Waals surface area contributed by atoms with Crippen molar-refractivity contribution < 1.29 is 0 Å². The molecule has 7 aromatic carbocycles. The summed E-state index contributed by atoms with van der Waals surface area (Å²) in [4.78, 5) is 10.6. The van der Waals surface area contributed by atoms with Crippen LogP contribution in [-0.2, 0) is 5.41 Å². The van der Waals surface area contributed by atoms with Gasteiger partial charge in [0.2, 0.25) is 5.95 Å². The number of aromatic nitrogens is 3.